The monoisotopic (exact) mass is 324 g/mol. The summed E-state index contributed by atoms with van der Waals surface area (Å²) in [5.74, 6) is 0.920. The van der Waals surface area contributed by atoms with E-state index in [0.717, 1.165) is 18.0 Å². The van der Waals surface area contributed by atoms with E-state index in [1.807, 2.05) is 12.1 Å². The first-order valence-electron chi connectivity index (χ1n) is 8.55. The number of benzene rings is 2. The van der Waals surface area contributed by atoms with Crippen LogP contribution in [0.5, 0.6) is 5.75 Å². The number of hydrogen-bond donors (Lipinski definition) is 1. The van der Waals surface area contributed by atoms with E-state index in [9.17, 15) is 0 Å². The van der Waals surface area contributed by atoms with Crippen LogP contribution in [0, 0.1) is 6.07 Å². The summed E-state index contributed by atoms with van der Waals surface area (Å²) < 4.78 is 5.55. The summed E-state index contributed by atoms with van der Waals surface area (Å²) in [5.41, 5.74) is 5.02. The summed E-state index contributed by atoms with van der Waals surface area (Å²) in [6.45, 7) is 14.1. The molecule has 2 aromatic rings. The summed E-state index contributed by atoms with van der Waals surface area (Å²) in [6, 6.07) is 16.0. The molecule has 0 aliphatic carbocycles. The number of para-hydroxylation sites is 1. The lowest BCUT2D eigenvalue weighted by Gasteiger charge is -2.24. The van der Waals surface area contributed by atoms with Crippen LogP contribution in [0.4, 0.5) is 5.69 Å². The molecule has 2 heteroatoms. The summed E-state index contributed by atoms with van der Waals surface area (Å²) in [4.78, 5) is 0. The van der Waals surface area contributed by atoms with Crippen LogP contribution in [0.25, 0.3) is 0 Å². The van der Waals surface area contributed by atoms with Crippen molar-refractivity contribution < 1.29 is 4.74 Å². The van der Waals surface area contributed by atoms with E-state index >= 15 is 0 Å². The Morgan fingerprint density at radius 2 is 1.71 bits per heavy atom. The highest BCUT2D eigenvalue weighted by atomic mass is 16.5. The first kappa shape index (κ1) is 18.4. The second-order valence-corrected chi connectivity index (χ2v) is 8.34. The fourth-order valence-electron chi connectivity index (χ4n) is 2.77. The van der Waals surface area contributed by atoms with Gasteiger partial charge in [-0.2, -0.15) is 0 Å². The number of nitrogens with one attached hydrogen (secondary N) is 1. The number of ether oxygens (including phenoxy) is 1. The quantitative estimate of drug-likeness (QED) is 0.778. The highest BCUT2D eigenvalue weighted by Crippen LogP contribution is 2.31. The molecule has 0 aliphatic heterocycles. The van der Waals surface area contributed by atoms with Crippen LogP contribution in [0.3, 0.4) is 0 Å². The van der Waals surface area contributed by atoms with Gasteiger partial charge in [-0.05, 0) is 34.1 Å². The highest BCUT2D eigenvalue weighted by molar-refractivity contribution is 5.54. The molecule has 1 N–H and O–H groups in total. The van der Waals surface area contributed by atoms with E-state index in [1.165, 1.54) is 16.7 Å². The molecule has 0 saturated carbocycles. The molecule has 2 rings (SSSR count). The van der Waals surface area contributed by atoms with Gasteiger partial charge in [0.15, 0.2) is 0 Å². The van der Waals surface area contributed by atoms with Crippen molar-refractivity contribution in [1.82, 2.24) is 0 Å². The number of anilines is 1. The number of methoxy groups -OCH3 is 1. The maximum Gasteiger partial charge on any atom is 0.123 e. The zero-order valence-electron chi connectivity index (χ0n) is 16.1. The zero-order chi connectivity index (χ0) is 18.0. The molecule has 0 aromatic heterocycles. The topological polar surface area (TPSA) is 21.3 Å². The Morgan fingerprint density at radius 1 is 1.00 bits per heavy atom. The maximum absolute atomic E-state index is 5.55. The zero-order valence-corrected chi connectivity index (χ0v) is 16.1. The van der Waals surface area contributed by atoms with Gasteiger partial charge >= 0.3 is 0 Å². The van der Waals surface area contributed by atoms with Crippen molar-refractivity contribution in [3.05, 3.63) is 59.2 Å². The standard InChI is InChI=1S/C22H30NO/c1-21(2,3)17-12-13-20(24-7)16(14-17)15-23-19-11-9-8-10-18(19)22(4,5)6/h8-10,12-14,23H,15H2,1-7H3. The molecule has 0 fully saturated rings. The lowest BCUT2D eigenvalue weighted by molar-refractivity contribution is 0.409. The Balaban J connectivity index is 2.30. The molecule has 0 atom stereocenters. The average Bonchev–Trinajstić information content (AvgIpc) is 2.51. The number of rotatable bonds is 4. The normalized spacial score (nSPS) is 12.1. The van der Waals surface area contributed by atoms with Crippen LogP contribution in [0.2, 0.25) is 0 Å². The third kappa shape index (κ3) is 4.31. The molecular formula is C22H30NO. The van der Waals surface area contributed by atoms with Crippen molar-refractivity contribution in [1.29, 1.82) is 0 Å². The van der Waals surface area contributed by atoms with Gasteiger partial charge in [0.05, 0.1) is 7.11 Å². The molecule has 0 amide bonds. The smallest absolute Gasteiger partial charge is 0.123 e. The van der Waals surface area contributed by atoms with Gasteiger partial charge < -0.3 is 10.1 Å². The first-order chi connectivity index (χ1) is 11.1. The van der Waals surface area contributed by atoms with Crippen LogP contribution in [-0.4, -0.2) is 7.11 Å². The third-order valence-electron chi connectivity index (χ3n) is 4.27. The van der Waals surface area contributed by atoms with E-state index in [4.69, 9.17) is 4.74 Å². The van der Waals surface area contributed by atoms with Crippen molar-refractivity contribution in [3.63, 3.8) is 0 Å². The second-order valence-electron chi connectivity index (χ2n) is 8.34. The minimum Gasteiger partial charge on any atom is -0.496 e. The summed E-state index contributed by atoms with van der Waals surface area (Å²) >= 11 is 0. The predicted octanol–water partition coefficient (Wildman–Crippen LogP) is 5.70. The van der Waals surface area contributed by atoms with E-state index in [-0.39, 0.29) is 10.8 Å². The SMILES string of the molecule is COc1ccc(C(C)(C)C)cc1CNc1[c]cccc1C(C)(C)C. The van der Waals surface area contributed by atoms with Crippen LogP contribution in [-0.2, 0) is 17.4 Å². The number of hydrogen-bond acceptors (Lipinski definition) is 2. The van der Waals surface area contributed by atoms with Gasteiger partial charge in [-0.3, -0.25) is 0 Å². The Labute approximate surface area is 147 Å². The molecule has 0 heterocycles. The fraction of sp³-hybridized carbons (Fsp3) is 0.455. The Hall–Kier alpha value is -1.96. The molecule has 0 unspecified atom stereocenters. The van der Waals surface area contributed by atoms with Crippen molar-refractivity contribution >= 4 is 5.69 Å². The van der Waals surface area contributed by atoms with Gasteiger partial charge in [0.25, 0.3) is 0 Å². The lowest BCUT2D eigenvalue weighted by Crippen LogP contribution is -2.16. The predicted molar refractivity (Wildman–Crippen MR) is 103 cm³/mol. The molecule has 1 radical (unpaired) electrons. The van der Waals surface area contributed by atoms with Crippen molar-refractivity contribution in [2.75, 3.05) is 12.4 Å². The van der Waals surface area contributed by atoms with Gasteiger partial charge in [-0.25, -0.2) is 0 Å². The van der Waals surface area contributed by atoms with Crippen molar-refractivity contribution in [3.8, 4) is 5.75 Å². The first-order valence-corrected chi connectivity index (χ1v) is 8.55. The van der Waals surface area contributed by atoms with Crippen LogP contribution in [0.1, 0.15) is 58.2 Å². The summed E-state index contributed by atoms with van der Waals surface area (Å²) in [5, 5.41) is 3.55. The molecule has 0 saturated heterocycles. The van der Waals surface area contributed by atoms with Gasteiger partial charge in [-0.1, -0.05) is 65.8 Å². The summed E-state index contributed by atoms with van der Waals surface area (Å²) in [7, 11) is 1.73. The highest BCUT2D eigenvalue weighted by Gasteiger charge is 2.19. The lowest BCUT2D eigenvalue weighted by atomic mass is 9.85. The Morgan fingerprint density at radius 3 is 2.29 bits per heavy atom. The Kier molecular flexibility index (Phi) is 5.27. The molecular weight excluding hydrogens is 294 g/mol. The van der Waals surface area contributed by atoms with E-state index < -0.39 is 0 Å². The molecule has 129 valence electrons. The van der Waals surface area contributed by atoms with Crippen LogP contribution in [0.15, 0.2) is 36.4 Å². The molecule has 2 nitrogen and oxygen atoms in total. The van der Waals surface area contributed by atoms with E-state index in [1.54, 1.807) is 7.11 Å². The van der Waals surface area contributed by atoms with Crippen molar-refractivity contribution in [2.45, 2.75) is 58.9 Å². The average molecular weight is 324 g/mol. The Bertz CT molecular complexity index is 690. The minimum atomic E-state index is 0.0808. The van der Waals surface area contributed by atoms with E-state index in [2.05, 4.69) is 77.2 Å². The largest absolute Gasteiger partial charge is 0.496 e. The minimum absolute atomic E-state index is 0.0808. The molecule has 0 bridgehead atoms. The second kappa shape index (κ2) is 6.88. The van der Waals surface area contributed by atoms with Crippen LogP contribution < -0.4 is 10.1 Å². The molecule has 0 aliphatic rings. The summed E-state index contributed by atoms with van der Waals surface area (Å²) in [6.07, 6.45) is 0. The van der Waals surface area contributed by atoms with Gasteiger partial charge in [-0.15, -0.1) is 0 Å². The van der Waals surface area contributed by atoms with E-state index in [0.29, 0.717) is 0 Å². The molecule has 2 aromatic carbocycles. The van der Waals surface area contributed by atoms with Gasteiger partial charge in [0.1, 0.15) is 5.75 Å². The van der Waals surface area contributed by atoms with Crippen molar-refractivity contribution in [2.24, 2.45) is 0 Å². The van der Waals surface area contributed by atoms with Crippen LogP contribution >= 0.6 is 0 Å². The molecule has 0 spiro atoms. The fourth-order valence-corrected chi connectivity index (χ4v) is 2.77. The van der Waals surface area contributed by atoms with Gasteiger partial charge in [0, 0.05) is 23.9 Å². The molecule has 24 heavy (non-hydrogen) atoms. The maximum atomic E-state index is 5.55. The van der Waals surface area contributed by atoms with Gasteiger partial charge in [0.2, 0.25) is 0 Å². The third-order valence-corrected chi connectivity index (χ3v) is 4.27.